The maximum Gasteiger partial charge on any atom is 0.265 e. The highest BCUT2D eigenvalue weighted by Crippen LogP contribution is 2.39. The van der Waals surface area contributed by atoms with Crippen LogP contribution in [0.5, 0.6) is 0 Å². The van der Waals surface area contributed by atoms with Gasteiger partial charge in [-0.2, -0.15) is 0 Å². The van der Waals surface area contributed by atoms with Crippen LogP contribution in [0.1, 0.15) is 12.0 Å². The Hall–Kier alpha value is -0.830. The molecule has 2 rings (SSSR count). The second kappa shape index (κ2) is 5.43. The molecule has 0 bridgehead atoms. The van der Waals surface area contributed by atoms with Crippen LogP contribution in [-0.2, 0) is 0 Å². The van der Waals surface area contributed by atoms with Crippen LogP contribution >= 0.6 is 34.8 Å². The quantitative estimate of drug-likeness (QED) is 0.615. The van der Waals surface area contributed by atoms with E-state index in [0.717, 1.165) is 0 Å². The lowest BCUT2D eigenvalue weighted by Gasteiger charge is -2.12. The summed E-state index contributed by atoms with van der Waals surface area (Å²) in [7, 11) is 0. The monoisotopic (exact) mass is 306 g/mol. The van der Waals surface area contributed by atoms with Crippen molar-refractivity contribution in [2.75, 3.05) is 0 Å². The van der Waals surface area contributed by atoms with Crippen LogP contribution in [0.25, 0.3) is 11.1 Å². The molecule has 0 N–H and O–H groups in total. The lowest BCUT2D eigenvalue weighted by Crippen LogP contribution is -1.92. The minimum absolute atomic E-state index is 0.0125. The zero-order valence-corrected chi connectivity index (χ0v) is 11.2. The van der Waals surface area contributed by atoms with Crippen LogP contribution < -0.4 is 0 Å². The van der Waals surface area contributed by atoms with Crippen molar-refractivity contribution in [2.45, 2.75) is 6.43 Å². The van der Waals surface area contributed by atoms with E-state index in [-0.39, 0.29) is 10.6 Å². The molecule has 0 atom stereocenters. The molecular formula is C13H7Cl3F2. The Morgan fingerprint density at radius 2 is 1.56 bits per heavy atom. The zero-order valence-electron chi connectivity index (χ0n) is 8.93. The van der Waals surface area contributed by atoms with E-state index in [9.17, 15) is 8.78 Å². The Morgan fingerprint density at radius 1 is 0.833 bits per heavy atom. The van der Waals surface area contributed by atoms with E-state index in [2.05, 4.69) is 0 Å². The molecule has 0 heterocycles. The van der Waals surface area contributed by atoms with Gasteiger partial charge < -0.3 is 0 Å². The molecule has 5 heteroatoms. The van der Waals surface area contributed by atoms with Crippen LogP contribution in [0.2, 0.25) is 15.1 Å². The van der Waals surface area contributed by atoms with Crippen LogP contribution in [-0.4, -0.2) is 0 Å². The van der Waals surface area contributed by atoms with Gasteiger partial charge in [-0.25, -0.2) is 8.78 Å². The number of halogens is 5. The molecule has 0 aliphatic heterocycles. The summed E-state index contributed by atoms with van der Waals surface area (Å²) in [6.07, 6.45) is -2.68. The van der Waals surface area contributed by atoms with Gasteiger partial charge in [0.25, 0.3) is 6.43 Å². The van der Waals surface area contributed by atoms with Crippen molar-refractivity contribution in [1.82, 2.24) is 0 Å². The summed E-state index contributed by atoms with van der Waals surface area (Å²) in [6.45, 7) is 0. The van der Waals surface area contributed by atoms with Crippen molar-refractivity contribution in [2.24, 2.45) is 0 Å². The van der Waals surface area contributed by atoms with E-state index < -0.39 is 6.43 Å². The molecule has 0 unspecified atom stereocenters. The first-order valence-corrected chi connectivity index (χ1v) is 6.16. The van der Waals surface area contributed by atoms with Crippen molar-refractivity contribution in [3.8, 4) is 11.1 Å². The molecule has 0 nitrogen and oxygen atoms in total. The van der Waals surface area contributed by atoms with E-state index in [4.69, 9.17) is 34.8 Å². The molecule has 0 amide bonds. The molecule has 0 radical (unpaired) electrons. The van der Waals surface area contributed by atoms with E-state index in [1.165, 1.54) is 6.07 Å². The van der Waals surface area contributed by atoms with E-state index in [1.54, 1.807) is 30.3 Å². The third kappa shape index (κ3) is 2.61. The van der Waals surface area contributed by atoms with Crippen molar-refractivity contribution in [1.29, 1.82) is 0 Å². The summed E-state index contributed by atoms with van der Waals surface area (Å²) in [6, 6.07) is 9.27. The Bertz CT molecular complexity index is 582. The van der Waals surface area contributed by atoms with Crippen LogP contribution in [0.15, 0.2) is 36.4 Å². The molecule has 94 valence electrons. The van der Waals surface area contributed by atoms with E-state index in [1.807, 2.05) is 0 Å². The van der Waals surface area contributed by atoms with Crippen molar-refractivity contribution >= 4 is 34.8 Å². The van der Waals surface area contributed by atoms with Crippen LogP contribution in [0.3, 0.4) is 0 Å². The van der Waals surface area contributed by atoms with E-state index >= 15 is 0 Å². The first-order chi connectivity index (χ1) is 8.50. The largest absolute Gasteiger partial charge is 0.265 e. The molecule has 0 aliphatic rings. The molecule has 18 heavy (non-hydrogen) atoms. The Labute approximate surface area is 118 Å². The van der Waals surface area contributed by atoms with Gasteiger partial charge in [-0.3, -0.25) is 0 Å². The fraction of sp³-hybridized carbons (Fsp3) is 0.0769. The van der Waals surface area contributed by atoms with Crippen molar-refractivity contribution in [3.63, 3.8) is 0 Å². The predicted molar refractivity (Wildman–Crippen MR) is 71.9 cm³/mol. The second-order valence-corrected chi connectivity index (χ2v) is 4.88. The fourth-order valence-corrected chi connectivity index (χ4v) is 2.35. The van der Waals surface area contributed by atoms with Crippen molar-refractivity contribution in [3.05, 3.63) is 57.0 Å². The SMILES string of the molecule is FC(F)c1c(Cl)cccc1-c1cc(Cl)ccc1Cl. The van der Waals surface area contributed by atoms with Gasteiger partial charge in [-0.15, -0.1) is 0 Å². The third-order valence-corrected chi connectivity index (χ3v) is 3.38. The average molecular weight is 308 g/mol. The highest BCUT2D eigenvalue weighted by Gasteiger charge is 2.19. The first kappa shape index (κ1) is 13.6. The maximum atomic E-state index is 13.0. The minimum atomic E-state index is -2.68. The average Bonchev–Trinajstić information content (AvgIpc) is 2.31. The maximum absolute atomic E-state index is 13.0. The number of alkyl halides is 2. The number of hydrogen-bond acceptors (Lipinski definition) is 0. The molecule has 0 spiro atoms. The molecule has 2 aromatic rings. The predicted octanol–water partition coefficient (Wildman–Crippen LogP) is 6.25. The lowest BCUT2D eigenvalue weighted by molar-refractivity contribution is 0.152. The molecule has 2 aromatic carbocycles. The smallest absolute Gasteiger partial charge is 0.205 e. The number of hydrogen-bond donors (Lipinski definition) is 0. The molecule has 0 aliphatic carbocycles. The molecule has 0 fully saturated rings. The Kier molecular flexibility index (Phi) is 4.10. The highest BCUT2D eigenvalue weighted by molar-refractivity contribution is 6.36. The van der Waals surface area contributed by atoms with Gasteiger partial charge in [0.2, 0.25) is 0 Å². The van der Waals surface area contributed by atoms with Gasteiger partial charge in [-0.1, -0.05) is 46.9 Å². The van der Waals surface area contributed by atoms with Gasteiger partial charge in [-0.05, 0) is 29.8 Å². The highest BCUT2D eigenvalue weighted by atomic mass is 35.5. The number of rotatable bonds is 2. The topological polar surface area (TPSA) is 0 Å². The standard InChI is InChI=1S/C13H7Cl3F2/c14-7-4-5-10(15)9(6-7)8-2-1-3-11(16)12(8)13(17)18/h1-6,13H. The zero-order chi connectivity index (χ0) is 13.3. The third-order valence-electron chi connectivity index (χ3n) is 2.49. The van der Waals surface area contributed by atoms with Crippen LogP contribution in [0.4, 0.5) is 8.78 Å². The van der Waals surface area contributed by atoms with Crippen molar-refractivity contribution < 1.29 is 8.78 Å². The Morgan fingerprint density at radius 3 is 2.22 bits per heavy atom. The molecule has 0 saturated heterocycles. The van der Waals surface area contributed by atoms with Gasteiger partial charge in [0.15, 0.2) is 0 Å². The summed E-state index contributed by atoms with van der Waals surface area (Å²) in [5.41, 5.74) is 0.510. The van der Waals surface area contributed by atoms with Gasteiger partial charge >= 0.3 is 0 Å². The second-order valence-electron chi connectivity index (χ2n) is 3.63. The normalized spacial score (nSPS) is 11.0. The van der Waals surface area contributed by atoms with Gasteiger partial charge in [0.1, 0.15) is 0 Å². The van der Waals surface area contributed by atoms with Crippen LogP contribution in [0, 0.1) is 0 Å². The Balaban J connectivity index is 2.71. The lowest BCUT2D eigenvalue weighted by atomic mass is 10.00. The first-order valence-electron chi connectivity index (χ1n) is 5.02. The summed E-state index contributed by atoms with van der Waals surface area (Å²) in [5, 5.41) is 0.789. The molecule has 0 aromatic heterocycles. The molecule has 0 saturated carbocycles. The summed E-state index contributed by atoms with van der Waals surface area (Å²) >= 11 is 17.7. The fourth-order valence-electron chi connectivity index (χ4n) is 1.70. The minimum Gasteiger partial charge on any atom is -0.205 e. The van der Waals surface area contributed by atoms with Gasteiger partial charge in [0, 0.05) is 21.2 Å². The number of benzene rings is 2. The summed E-state index contributed by atoms with van der Waals surface area (Å²) in [4.78, 5) is 0. The summed E-state index contributed by atoms with van der Waals surface area (Å²) < 4.78 is 26.1. The summed E-state index contributed by atoms with van der Waals surface area (Å²) in [5.74, 6) is 0. The molecular weight excluding hydrogens is 300 g/mol. The van der Waals surface area contributed by atoms with E-state index in [0.29, 0.717) is 21.2 Å². The van der Waals surface area contributed by atoms with Gasteiger partial charge in [0.05, 0.1) is 5.02 Å².